The Bertz CT molecular complexity index is 662. The van der Waals surface area contributed by atoms with E-state index in [1.807, 2.05) is 42.1 Å². The molecule has 0 aromatic heterocycles. The molecule has 0 atom stereocenters. The predicted molar refractivity (Wildman–Crippen MR) is 101 cm³/mol. The first-order valence-electron chi connectivity index (χ1n) is 7.80. The van der Waals surface area contributed by atoms with Crippen LogP contribution in [0.1, 0.15) is 22.3 Å². The van der Waals surface area contributed by atoms with Crippen LogP contribution in [0.25, 0.3) is 6.08 Å². The highest BCUT2D eigenvalue weighted by Crippen LogP contribution is 2.15. The predicted octanol–water partition coefficient (Wildman–Crippen LogP) is 4.37. The lowest BCUT2D eigenvalue weighted by molar-refractivity contribution is -0.116. The fourth-order valence-corrected chi connectivity index (χ4v) is 3.04. The smallest absolute Gasteiger partial charge is 0.244 e. The molecule has 0 aliphatic heterocycles. The first-order valence-corrected chi connectivity index (χ1v) is 8.95. The lowest BCUT2D eigenvalue weighted by Gasteiger charge is -2.05. The third-order valence-corrected chi connectivity index (χ3v) is 4.58. The number of nitrogens with one attached hydrogen (secondary N) is 1. The van der Waals surface area contributed by atoms with Crippen LogP contribution in [0.2, 0.25) is 0 Å². The van der Waals surface area contributed by atoms with E-state index in [1.54, 1.807) is 6.08 Å². The molecule has 1 amide bonds. The molecule has 2 aromatic rings. The van der Waals surface area contributed by atoms with Crippen LogP contribution in [0.5, 0.6) is 0 Å². The average molecular weight is 325 g/mol. The quantitative estimate of drug-likeness (QED) is 0.605. The Morgan fingerprint density at radius 1 is 1.09 bits per heavy atom. The van der Waals surface area contributed by atoms with Gasteiger partial charge in [0.15, 0.2) is 0 Å². The van der Waals surface area contributed by atoms with Crippen LogP contribution in [-0.2, 0) is 10.5 Å². The summed E-state index contributed by atoms with van der Waals surface area (Å²) in [5, 5.41) is 2.92. The van der Waals surface area contributed by atoms with Gasteiger partial charge in [-0.05, 0) is 36.6 Å². The van der Waals surface area contributed by atoms with Gasteiger partial charge in [0.05, 0.1) is 0 Å². The van der Waals surface area contributed by atoms with Crippen molar-refractivity contribution in [2.45, 2.75) is 19.6 Å². The molecule has 0 heterocycles. The molecule has 0 radical (unpaired) electrons. The van der Waals surface area contributed by atoms with Gasteiger partial charge in [-0.3, -0.25) is 4.79 Å². The maximum absolute atomic E-state index is 11.8. The number of carbonyl (C=O) groups excluding carboxylic acids is 1. The van der Waals surface area contributed by atoms with Crippen molar-refractivity contribution in [3.8, 4) is 0 Å². The van der Waals surface area contributed by atoms with Gasteiger partial charge in [-0.25, -0.2) is 0 Å². The largest absolute Gasteiger partial charge is 0.352 e. The number of benzene rings is 2. The second kappa shape index (κ2) is 9.21. The van der Waals surface area contributed by atoms with E-state index in [-0.39, 0.29) is 5.91 Å². The van der Waals surface area contributed by atoms with E-state index in [0.29, 0.717) is 6.54 Å². The minimum absolute atomic E-state index is 0.0398. The third kappa shape index (κ3) is 6.33. The molecular weight excluding hydrogens is 302 g/mol. The van der Waals surface area contributed by atoms with E-state index >= 15 is 0 Å². The molecule has 0 saturated heterocycles. The van der Waals surface area contributed by atoms with Gasteiger partial charge in [-0.15, -0.1) is 0 Å². The summed E-state index contributed by atoms with van der Waals surface area (Å²) in [5.74, 6) is 1.86. The van der Waals surface area contributed by atoms with Gasteiger partial charge in [-0.1, -0.05) is 54.1 Å². The summed E-state index contributed by atoms with van der Waals surface area (Å²) in [6, 6.07) is 16.5. The van der Waals surface area contributed by atoms with Crippen molar-refractivity contribution in [3.63, 3.8) is 0 Å². The van der Waals surface area contributed by atoms with Crippen molar-refractivity contribution in [1.29, 1.82) is 0 Å². The summed E-state index contributed by atoms with van der Waals surface area (Å²) in [6.45, 7) is 4.87. The van der Waals surface area contributed by atoms with Crippen molar-refractivity contribution in [2.24, 2.45) is 0 Å². The minimum atomic E-state index is -0.0398. The van der Waals surface area contributed by atoms with Crippen LogP contribution in [-0.4, -0.2) is 18.2 Å². The van der Waals surface area contributed by atoms with Crippen molar-refractivity contribution in [3.05, 3.63) is 76.9 Å². The fraction of sp³-hybridized carbons (Fsp3) is 0.250. The average Bonchev–Trinajstić information content (AvgIpc) is 2.55. The summed E-state index contributed by atoms with van der Waals surface area (Å²) < 4.78 is 0. The van der Waals surface area contributed by atoms with Crippen LogP contribution in [0.3, 0.4) is 0 Å². The zero-order valence-corrected chi connectivity index (χ0v) is 14.5. The Balaban J connectivity index is 1.65. The molecule has 0 spiro atoms. The molecule has 23 heavy (non-hydrogen) atoms. The normalized spacial score (nSPS) is 10.9. The van der Waals surface area contributed by atoms with Gasteiger partial charge in [0, 0.05) is 24.1 Å². The Morgan fingerprint density at radius 3 is 2.57 bits per heavy atom. The van der Waals surface area contributed by atoms with Crippen LogP contribution < -0.4 is 5.32 Å². The SMILES string of the molecule is Cc1ccc(/C=C/C(=O)NCCSCc2ccccc2C)cc1. The summed E-state index contributed by atoms with van der Waals surface area (Å²) in [4.78, 5) is 11.8. The monoisotopic (exact) mass is 325 g/mol. The summed E-state index contributed by atoms with van der Waals surface area (Å²) in [6.07, 6.45) is 3.44. The van der Waals surface area contributed by atoms with Crippen molar-refractivity contribution < 1.29 is 4.79 Å². The van der Waals surface area contributed by atoms with Crippen LogP contribution in [0.15, 0.2) is 54.6 Å². The van der Waals surface area contributed by atoms with Gasteiger partial charge < -0.3 is 5.32 Å². The first-order chi connectivity index (χ1) is 11.1. The number of hydrogen-bond donors (Lipinski definition) is 1. The molecule has 3 heteroatoms. The minimum Gasteiger partial charge on any atom is -0.352 e. The molecule has 0 bridgehead atoms. The van der Waals surface area contributed by atoms with Crippen molar-refractivity contribution in [2.75, 3.05) is 12.3 Å². The molecule has 0 aliphatic rings. The Labute approximate surface area is 143 Å². The number of carbonyl (C=O) groups is 1. The second-order valence-electron chi connectivity index (χ2n) is 5.51. The van der Waals surface area contributed by atoms with Crippen LogP contribution >= 0.6 is 11.8 Å². The number of amides is 1. The molecule has 0 saturated carbocycles. The zero-order valence-electron chi connectivity index (χ0n) is 13.7. The van der Waals surface area contributed by atoms with Crippen LogP contribution in [0.4, 0.5) is 0 Å². The molecule has 0 unspecified atom stereocenters. The molecule has 2 nitrogen and oxygen atoms in total. The Hall–Kier alpha value is -2.00. The second-order valence-corrected chi connectivity index (χ2v) is 6.62. The van der Waals surface area contributed by atoms with E-state index in [4.69, 9.17) is 0 Å². The Morgan fingerprint density at radius 2 is 1.83 bits per heavy atom. The van der Waals surface area contributed by atoms with Gasteiger partial charge in [0.1, 0.15) is 0 Å². The van der Waals surface area contributed by atoms with Gasteiger partial charge in [0.2, 0.25) is 5.91 Å². The van der Waals surface area contributed by atoms with Crippen molar-refractivity contribution >= 4 is 23.7 Å². The maximum Gasteiger partial charge on any atom is 0.244 e. The fourth-order valence-electron chi connectivity index (χ4n) is 2.11. The first kappa shape index (κ1) is 17.4. The highest BCUT2D eigenvalue weighted by Gasteiger charge is 1.98. The lowest BCUT2D eigenvalue weighted by Crippen LogP contribution is -2.23. The number of aryl methyl sites for hydroxylation is 2. The highest BCUT2D eigenvalue weighted by atomic mass is 32.2. The van der Waals surface area contributed by atoms with Crippen molar-refractivity contribution in [1.82, 2.24) is 5.32 Å². The molecule has 120 valence electrons. The molecule has 0 fully saturated rings. The molecule has 2 rings (SSSR count). The van der Waals surface area contributed by atoms with Crippen LogP contribution in [0, 0.1) is 13.8 Å². The Kier molecular flexibility index (Phi) is 6.95. The van der Waals surface area contributed by atoms with E-state index < -0.39 is 0 Å². The molecule has 2 aromatic carbocycles. The summed E-state index contributed by atoms with van der Waals surface area (Å²) >= 11 is 1.84. The van der Waals surface area contributed by atoms with E-state index in [0.717, 1.165) is 17.1 Å². The highest BCUT2D eigenvalue weighted by molar-refractivity contribution is 7.98. The third-order valence-electron chi connectivity index (χ3n) is 3.57. The molecular formula is C20H23NOS. The topological polar surface area (TPSA) is 29.1 Å². The van der Waals surface area contributed by atoms with Gasteiger partial charge in [0.25, 0.3) is 0 Å². The maximum atomic E-state index is 11.8. The molecule has 0 aliphatic carbocycles. The number of hydrogen-bond acceptors (Lipinski definition) is 2. The van der Waals surface area contributed by atoms with Gasteiger partial charge >= 0.3 is 0 Å². The van der Waals surface area contributed by atoms with E-state index in [9.17, 15) is 4.79 Å². The van der Waals surface area contributed by atoms with E-state index in [1.165, 1.54) is 16.7 Å². The standard InChI is InChI=1S/C20H23NOS/c1-16-7-9-18(10-8-16)11-12-20(22)21-13-14-23-15-19-6-4-3-5-17(19)2/h3-12H,13-15H2,1-2H3,(H,21,22)/b12-11+. The number of thioether (sulfide) groups is 1. The summed E-state index contributed by atoms with van der Waals surface area (Å²) in [5.41, 5.74) is 4.95. The van der Waals surface area contributed by atoms with Gasteiger partial charge in [-0.2, -0.15) is 11.8 Å². The number of rotatable bonds is 7. The lowest BCUT2D eigenvalue weighted by atomic mass is 10.1. The zero-order chi connectivity index (χ0) is 16.5. The molecule has 1 N–H and O–H groups in total. The summed E-state index contributed by atoms with van der Waals surface area (Å²) in [7, 11) is 0. The van der Waals surface area contributed by atoms with E-state index in [2.05, 4.69) is 43.4 Å².